The van der Waals surface area contributed by atoms with E-state index < -0.39 is 0 Å². The molecule has 4 N–H and O–H groups in total. The van der Waals surface area contributed by atoms with Crippen molar-refractivity contribution in [3.05, 3.63) is 53.1 Å². The lowest BCUT2D eigenvalue weighted by Crippen LogP contribution is -2.11. The number of nitrogen functional groups attached to an aromatic ring is 1. The van der Waals surface area contributed by atoms with Gasteiger partial charge >= 0.3 is 0 Å². The molecule has 0 bridgehead atoms. The van der Waals surface area contributed by atoms with E-state index in [2.05, 4.69) is 5.32 Å². The zero-order valence-corrected chi connectivity index (χ0v) is 11.3. The normalized spacial score (nSPS) is 9.53. The van der Waals surface area contributed by atoms with Crippen molar-refractivity contribution >= 4 is 41.3 Å². The molecule has 0 radical (unpaired) electrons. The van der Waals surface area contributed by atoms with Gasteiger partial charge in [-0.15, -0.1) is 12.4 Å². The van der Waals surface area contributed by atoms with E-state index in [0.717, 1.165) is 0 Å². The number of hydrogen-bond donors (Lipinski definition) is 3. The summed E-state index contributed by atoms with van der Waals surface area (Å²) >= 11 is 5.83. The Morgan fingerprint density at radius 1 is 1.21 bits per heavy atom. The summed E-state index contributed by atoms with van der Waals surface area (Å²) in [4.78, 5) is 11.9. The van der Waals surface area contributed by atoms with Gasteiger partial charge in [-0.2, -0.15) is 0 Å². The number of amides is 1. The number of carbonyl (C=O) groups excluding carboxylic acids is 1. The summed E-state index contributed by atoms with van der Waals surface area (Å²) in [5, 5.41) is 12.5. The first-order valence-electron chi connectivity index (χ1n) is 5.22. The van der Waals surface area contributed by atoms with Crippen molar-refractivity contribution in [2.75, 3.05) is 11.1 Å². The largest absolute Gasteiger partial charge is 0.506 e. The number of nitrogens with two attached hydrogens (primary N) is 1. The Balaban J connectivity index is 0.00000180. The second-order valence-electron chi connectivity index (χ2n) is 3.71. The molecule has 2 aromatic carbocycles. The molecule has 0 spiro atoms. The second kappa shape index (κ2) is 6.31. The van der Waals surface area contributed by atoms with Crippen molar-refractivity contribution in [2.45, 2.75) is 0 Å². The molecular formula is C13H12Cl2N2O2. The topological polar surface area (TPSA) is 75.3 Å². The Kier molecular flexibility index (Phi) is 5.03. The standard InChI is InChI=1S/C13H11ClN2O2.ClH/c14-9-6-11(12(17)7-10(9)15)16-13(18)8-4-2-1-3-5-8;/h1-7,17H,15H2,(H,16,18);1H. The predicted octanol–water partition coefficient (Wildman–Crippen LogP) is 3.30. The molecule has 2 aromatic rings. The van der Waals surface area contributed by atoms with E-state index in [1.54, 1.807) is 24.3 Å². The van der Waals surface area contributed by atoms with E-state index >= 15 is 0 Å². The fourth-order valence-electron chi connectivity index (χ4n) is 1.46. The molecular weight excluding hydrogens is 287 g/mol. The highest BCUT2D eigenvalue weighted by Gasteiger charge is 2.10. The molecule has 0 saturated carbocycles. The van der Waals surface area contributed by atoms with E-state index in [4.69, 9.17) is 17.3 Å². The molecule has 0 aromatic heterocycles. The summed E-state index contributed by atoms with van der Waals surface area (Å²) < 4.78 is 0. The van der Waals surface area contributed by atoms with Crippen molar-refractivity contribution in [3.8, 4) is 5.75 Å². The Morgan fingerprint density at radius 3 is 2.47 bits per heavy atom. The van der Waals surface area contributed by atoms with Crippen molar-refractivity contribution in [1.29, 1.82) is 0 Å². The molecule has 0 aliphatic rings. The van der Waals surface area contributed by atoms with Crippen LogP contribution in [0.2, 0.25) is 5.02 Å². The molecule has 6 heteroatoms. The Morgan fingerprint density at radius 2 is 1.84 bits per heavy atom. The first kappa shape index (κ1) is 15.1. The molecule has 0 unspecified atom stereocenters. The van der Waals surface area contributed by atoms with Crippen LogP contribution in [0.25, 0.3) is 0 Å². The van der Waals surface area contributed by atoms with Gasteiger partial charge in [0.25, 0.3) is 5.91 Å². The number of hydrogen-bond acceptors (Lipinski definition) is 3. The number of phenolic OH excluding ortho intramolecular Hbond substituents is 1. The van der Waals surface area contributed by atoms with Crippen LogP contribution in [0.3, 0.4) is 0 Å². The number of aromatic hydroxyl groups is 1. The summed E-state index contributed by atoms with van der Waals surface area (Å²) in [6.45, 7) is 0. The van der Waals surface area contributed by atoms with Gasteiger partial charge in [-0.1, -0.05) is 29.8 Å². The summed E-state index contributed by atoms with van der Waals surface area (Å²) in [5.74, 6) is -0.451. The maximum Gasteiger partial charge on any atom is 0.255 e. The van der Waals surface area contributed by atoms with Gasteiger partial charge in [0, 0.05) is 11.6 Å². The van der Waals surface area contributed by atoms with Crippen molar-refractivity contribution in [3.63, 3.8) is 0 Å². The summed E-state index contributed by atoms with van der Waals surface area (Å²) in [5.41, 5.74) is 6.50. The van der Waals surface area contributed by atoms with Crippen LogP contribution in [0.4, 0.5) is 11.4 Å². The average molecular weight is 299 g/mol. The van der Waals surface area contributed by atoms with Gasteiger partial charge in [0.1, 0.15) is 5.75 Å². The van der Waals surface area contributed by atoms with Gasteiger partial charge in [0.15, 0.2) is 0 Å². The number of phenols is 1. The molecule has 0 aliphatic heterocycles. The maximum atomic E-state index is 11.9. The highest BCUT2D eigenvalue weighted by atomic mass is 35.5. The van der Waals surface area contributed by atoms with Crippen LogP contribution in [0.1, 0.15) is 10.4 Å². The van der Waals surface area contributed by atoms with Crippen molar-refractivity contribution < 1.29 is 9.90 Å². The minimum absolute atomic E-state index is 0. The van der Waals surface area contributed by atoms with Crippen LogP contribution in [0.5, 0.6) is 5.75 Å². The Labute approximate surface area is 121 Å². The number of carbonyl (C=O) groups is 1. The maximum absolute atomic E-state index is 11.9. The summed E-state index contributed by atoms with van der Waals surface area (Å²) in [7, 11) is 0. The van der Waals surface area contributed by atoms with Crippen LogP contribution < -0.4 is 11.1 Å². The zero-order chi connectivity index (χ0) is 13.1. The van der Waals surface area contributed by atoms with Crippen LogP contribution in [-0.2, 0) is 0 Å². The van der Waals surface area contributed by atoms with Gasteiger partial charge < -0.3 is 16.2 Å². The predicted molar refractivity (Wildman–Crippen MR) is 79.2 cm³/mol. The van der Waals surface area contributed by atoms with E-state index in [1.165, 1.54) is 12.1 Å². The molecule has 100 valence electrons. The van der Waals surface area contributed by atoms with Crippen molar-refractivity contribution in [1.82, 2.24) is 0 Å². The SMILES string of the molecule is Cl.Nc1cc(O)c(NC(=O)c2ccccc2)cc1Cl. The minimum atomic E-state index is -0.327. The molecule has 4 nitrogen and oxygen atoms in total. The Bertz CT molecular complexity index is 589. The quantitative estimate of drug-likeness (QED) is 0.588. The summed E-state index contributed by atoms with van der Waals surface area (Å²) in [6.07, 6.45) is 0. The van der Waals surface area contributed by atoms with Gasteiger partial charge in [-0.25, -0.2) is 0 Å². The zero-order valence-electron chi connectivity index (χ0n) is 9.76. The fourth-order valence-corrected chi connectivity index (χ4v) is 1.63. The lowest BCUT2D eigenvalue weighted by atomic mass is 10.2. The summed E-state index contributed by atoms with van der Waals surface area (Å²) in [6, 6.07) is 11.4. The van der Waals surface area contributed by atoms with Gasteiger partial charge in [0.05, 0.1) is 16.4 Å². The van der Waals surface area contributed by atoms with E-state index in [0.29, 0.717) is 5.56 Å². The fraction of sp³-hybridized carbons (Fsp3) is 0. The van der Waals surface area contributed by atoms with Crippen LogP contribution in [0.15, 0.2) is 42.5 Å². The molecule has 0 atom stereocenters. The molecule has 0 fully saturated rings. The average Bonchev–Trinajstić information content (AvgIpc) is 2.37. The third-order valence-electron chi connectivity index (χ3n) is 2.40. The highest BCUT2D eigenvalue weighted by molar-refractivity contribution is 6.33. The number of anilines is 2. The minimum Gasteiger partial charge on any atom is -0.506 e. The number of rotatable bonds is 2. The van der Waals surface area contributed by atoms with Crippen LogP contribution >= 0.6 is 24.0 Å². The molecule has 0 aliphatic carbocycles. The second-order valence-corrected chi connectivity index (χ2v) is 4.12. The number of nitrogens with one attached hydrogen (secondary N) is 1. The molecule has 19 heavy (non-hydrogen) atoms. The van der Waals surface area contributed by atoms with Crippen LogP contribution in [0, 0.1) is 0 Å². The van der Waals surface area contributed by atoms with Gasteiger partial charge in [0.2, 0.25) is 0 Å². The highest BCUT2D eigenvalue weighted by Crippen LogP contribution is 2.32. The number of benzene rings is 2. The lowest BCUT2D eigenvalue weighted by Gasteiger charge is -2.09. The molecule has 2 rings (SSSR count). The van der Waals surface area contributed by atoms with Gasteiger partial charge in [-0.05, 0) is 18.2 Å². The first-order valence-corrected chi connectivity index (χ1v) is 5.60. The van der Waals surface area contributed by atoms with E-state index in [-0.39, 0.29) is 40.5 Å². The number of halogens is 2. The third-order valence-corrected chi connectivity index (χ3v) is 2.73. The molecule has 1 amide bonds. The smallest absolute Gasteiger partial charge is 0.255 e. The third kappa shape index (κ3) is 3.53. The van der Waals surface area contributed by atoms with Crippen LogP contribution in [-0.4, -0.2) is 11.0 Å². The van der Waals surface area contributed by atoms with E-state index in [1.807, 2.05) is 6.07 Å². The van der Waals surface area contributed by atoms with Gasteiger partial charge in [-0.3, -0.25) is 4.79 Å². The van der Waals surface area contributed by atoms with E-state index in [9.17, 15) is 9.90 Å². The monoisotopic (exact) mass is 298 g/mol. The van der Waals surface area contributed by atoms with Crippen molar-refractivity contribution in [2.24, 2.45) is 0 Å². The Hall–Kier alpha value is -1.91. The molecule has 0 saturated heterocycles. The molecule has 0 heterocycles. The lowest BCUT2D eigenvalue weighted by molar-refractivity contribution is 0.102. The first-order chi connectivity index (χ1) is 8.58.